The van der Waals surface area contributed by atoms with E-state index < -0.39 is 9.84 Å². The lowest BCUT2D eigenvalue weighted by Gasteiger charge is -2.12. The molecule has 2 N–H and O–H groups in total. The number of carbonyl (C=O) groups excluding carboxylic acids is 1. The number of ether oxygens (including phenoxy) is 1. The Morgan fingerprint density at radius 3 is 2.57 bits per heavy atom. The molecule has 4 rings (SSSR count). The summed E-state index contributed by atoms with van der Waals surface area (Å²) in [4.78, 5) is 12.5. The number of sulfone groups is 1. The molecule has 7 nitrogen and oxygen atoms in total. The number of anilines is 2. The minimum Gasteiger partial charge on any atom is -0.495 e. The first-order valence-electron chi connectivity index (χ1n) is 9.18. The van der Waals surface area contributed by atoms with Crippen LogP contribution in [0, 0.1) is 0 Å². The van der Waals surface area contributed by atoms with E-state index in [1.807, 2.05) is 30.3 Å². The Labute approximate surface area is 173 Å². The molecule has 4 aromatic rings. The Kier molecular flexibility index (Phi) is 5.09. The molecular formula is C22H20N2O5S. The van der Waals surface area contributed by atoms with Crippen LogP contribution in [0.3, 0.4) is 0 Å². The fourth-order valence-electron chi connectivity index (χ4n) is 3.24. The number of carbonyl (C=O) groups is 1. The van der Waals surface area contributed by atoms with E-state index in [9.17, 15) is 13.2 Å². The standard InChI is InChI=1S/C22H20N2O5S/c1-28-21-11-17-16-8-3-4-9-19(16)29-20(17)12-18(21)23-13-22(25)24-14-6-5-7-15(10-14)30(2,26)27/h3-12,23H,13H2,1-2H3,(H,24,25). The first-order chi connectivity index (χ1) is 14.3. The third kappa shape index (κ3) is 3.95. The molecule has 0 aliphatic carbocycles. The molecule has 0 aliphatic rings. The van der Waals surface area contributed by atoms with Gasteiger partial charge >= 0.3 is 0 Å². The topological polar surface area (TPSA) is 97.6 Å². The van der Waals surface area contributed by atoms with E-state index in [2.05, 4.69) is 10.6 Å². The van der Waals surface area contributed by atoms with E-state index in [0.29, 0.717) is 22.7 Å². The van der Waals surface area contributed by atoms with Crippen LogP contribution in [0.25, 0.3) is 21.9 Å². The summed E-state index contributed by atoms with van der Waals surface area (Å²) in [6.45, 7) is -0.0365. The van der Waals surface area contributed by atoms with Crippen LogP contribution in [0.2, 0.25) is 0 Å². The Morgan fingerprint density at radius 2 is 1.80 bits per heavy atom. The smallest absolute Gasteiger partial charge is 0.243 e. The molecule has 0 aliphatic heterocycles. The minimum absolute atomic E-state index is 0.0365. The molecule has 0 spiro atoms. The lowest BCUT2D eigenvalue weighted by atomic mass is 10.1. The summed E-state index contributed by atoms with van der Waals surface area (Å²) in [6, 6.07) is 17.5. The van der Waals surface area contributed by atoms with E-state index in [-0.39, 0.29) is 17.3 Å². The number of benzene rings is 3. The molecule has 0 fully saturated rings. The second-order valence-corrected chi connectivity index (χ2v) is 8.86. The summed E-state index contributed by atoms with van der Waals surface area (Å²) < 4.78 is 34.7. The molecule has 0 atom stereocenters. The summed E-state index contributed by atoms with van der Waals surface area (Å²) in [5.74, 6) is 0.258. The lowest BCUT2D eigenvalue weighted by molar-refractivity contribution is -0.114. The summed E-state index contributed by atoms with van der Waals surface area (Å²) in [5.41, 5.74) is 2.48. The zero-order chi connectivity index (χ0) is 21.3. The average Bonchev–Trinajstić information content (AvgIpc) is 3.08. The highest BCUT2D eigenvalue weighted by Crippen LogP contribution is 2.36. The number of para-hydroxylation sites is 1. The number of furan rings is 1. The van der Waals surface area contributed by atoms with Crippen LogP contribution >= 0.6 is 0 Å². The minimum atomic E-state index is -3.35. The van der Waals surface area contributed by atoms with E-state index in [1.54, 1.807) is 25.3 Å². The molecule has 154 valence electrons. The van der Waals surface area contributed by atoms with Gasteiger partial charge in [0.2, 0.25) is 5.91 Å². The summed E-state index contributed by atoms with van der Waals surface area (Å²) in [5, 5.41) is 7.65. The van der Waals surface area contributed by atoms with Gasteiger partial charge in [-0.25, -0.2) is 8.42 Å². The second-order valence-electron chi connectivity index (χ2n) is 6.85. The first-order valence-corrected chi connectivity index (χ1v) is 11.1. The van der Waals surface area contributed by atoms with Gasteiger partial charge in [-0.05, 0) is 30.3 Å². The van der Waals surface area contributed by atoms with E-state index in [0.717, 1.165) is 22.6 Å². The molecule has 0 radical (unpaired) electrons. The number of methoxy groups -OCH3 is 1. The maximum Gasteiger partial charge on any atom is 0.243 e. The zero-order valence-electron chi connectivity index (χ0n) is 16.4. The Morgan fingerprint density at radius 1 is 1.00 bits per heavy atom. The van der Waals surface area contributed by atoms with Gasteiger partial charge in [0.05, 0.1) is 24.2 Å². The Hall–Kier alpha value is -3.52. The van der Waals surface area contributed by atoms with Crippen LogP contribution in [0.1, 0.15) is 0 Å². The van der Waals surface area contributed by atoms with Gasteiger partial charge in [-0.1, -0.05) is 24.3 Å². The van der Waals surface area contributed by atoms with Crippen molar-refractivity contribution in [1.29, 1.82) is 0 Å². The number of hydrogen-bond donors (Lipinski definition) is 2. The quantitative estimate of drug-likeness (QED) is 0.485. The SMILES string of the molecule is COc1cc2c(cc1NCC(=O)Nc1cccc(S(C)(=O)=O)c1)oc1ccccc12. The van der Waals surface area contributed by atoms with Crippen molar-refractivity contribution in [3.8, 4) is 5.75 Å². The van der Waals surface area contributed by atoms with Crippen molar-refractivity contribution in [1.82, 2.24) is 0 Å². The van der Waals surface area contributed by atoms with Crippen molar-refractivity contribution >= 4 is 49.1 Å². The van der Waals surface area contributed by atoms with Gasteiger partial charge in [-0.15, -0.1) is 0 Å². The maximum atomic E-state index is 12.4. The summed E-state index contributed by atoms with van der Waals surface area (Å²) in [7, 11) is -1.79. The second kappa shape index (κ2) is 7.72. The Bertz CT molecular complexity index is 1360. The molecule has 30 heavy (non-hydrogen) atoms. The lowest BCUT2D eigenvalue weighted by Crippen LogP contribution is -2.22. The first kappa shape index (κ1) is 19.8. The predicted octanol–water partition coefficient (Wildman–Crippen LogP) is 4.05. The van der Waals surface area contributed by atoms with Crippen molar-refractivity contribution < 1.29 is 22.4 Å². The molecule has 1 heterocycles. The van der Waals surface area contributed by atoms with Gasteiger partial charge in [0.15, 0.2) is 9.84 Å². The number of amides is 1. The molecule has 0 unspecified atom stereocenters. The van der Waals surface area contributed by atoms with E-state index >= 15 is 0 Å². The zero-order valence-corrected chi connectivity index (χ0v) is 17.2. The number of hydrogen-bond acceptors (Lipinski definition) is 6. The van der Waals surface area contributed by atoms with Crippen LogP contribution < -0.4 is 15.4 Å². The summed E-state index contributed by atoms with van der Waals surface area (Å²) >= 11 is 0. The summed E-state index contributed by atoms with van der Waals surface area (Å²) in [6.07, 6.45) is 1.12. The van der Waals surface area contributed by atoms with E-state index in [1.165, 1.54) is 12.1 Å². The molecule has 8 heteroatoms. The van der Waals surface area contributed by atoms with Crippen molar-refractivity contribution in [2.45, 2.75) is 4.90 Å². The van der Waals surface area contributed by atoms with Crippen molar-refractivity contribution in [3.63, 3.8) is 0 Å². The highest BCUT2D eigenvalue weighted by atomic mass is 32.2. The predicted molar refractivity (Wildman–Crippen MR) is 117 cm³/mol. The van der Waals surface area contributed by atoms with Crippen molar-refractivity contribution in [3.05, 3.63) is 60.7 Å². The molecule has 1 amide bonds. The average molecular weight is 424 g/mol. The third-order valence-corrected chi connectivity index (χ3v) is 5.79. The number of rotatable bonds is 6. The van der Waals surface area contributed by atoms with E-state index in [4.69, 9.17) is 9.15 Å². The van der Waals surface area contributed by atoms with Gasteiger partial charge in [-0.3, -0.25) is 4.79 Å². The molecular weight excluding hydrogens is 404 g/mol. The number of fused-ring (bicyclic) bond motifs is 3. The van der Waals surface area contributed by atoms with Crippen molar-refractivity contribution in [2.24, 2.45) is 0 Å². The van der Waals surface area contributed by atoms with Gasteiger partial charge in [0.1, 0.15) is 16.9 Å². The van der Waals surface area contributed by atoms with Crippen LogP contribution in [-0.2, 0) is 14.6 Å². The van der Waals surface area contributed by atoms with Crippen LogP contribution in [0.4, 0.5) is 11.4 Å². The molecule has 0 saturated heterocycles. The fraction of sp³-hybridized carbons (Fsp3) is 0.136. The Balaban J connectivity index is 1.53. The maximum absolute atomic E-state index is 12.4. The third-order valence-electron chi connectivity index (χ3n) is 4.68. The van der Waals surface area contributed by atoms with Gasteiger partial charge < -0.3 is 19.8 Å². The van der Waals surface area contributed by atoms with Crippen LogP contribution in [-0.4, -0.2) is 34.2 Å². The molecule has 3 aromatic carbocycles. The van der Waals surface area contributed by atoms with Gasteiger partial charge in [0, 0.05) is 28.8 Å². The molecule has 0 saturated carbocycles. The highest BCUT2D eigenvalue weighted by Gasteiger charge is 2.13. The van der Waals surface area contributed by atoms with Crippen LogP contribution in [0.5, 0.6) is 5.75 Å². The normalized spacial score (nSPS) is 11.5. The van der Waals surface area contributed by atoms with Crippen molar-refractivity contribution in [2.75, 3.05) is 30.5 Å². The monoisotopic (exact) mass is 424 g/mol. The van der Waals surface area contributed by atoms with Gasteiger partial charge in [-0.2, -0.15) is 0 Å². The fourth-order valence-corrected chi connectivity index (χ4v) is 3.91. The highest BCUT2D eigenvalue weighted by molar-refractivity contribution is 7.90. The number of nitrogens with one attached hydrogen (secondary N) is 2. The molecule has 0 bridgehead atoms. The molecule has 1 aromatic heterocycles. The van der Waals surface area contributed by atoms with Gasteiger partial charge in [0.25, 0.3) is 0 Å². The van der Waals surface area contributed by atoms with Crippen LogP contribution in [0.15, 0.2) is 70.0 Å². The largest absolute Gasteiger partial charge is 0.495 e.